The summed E-state index contributed by atoms with van der Waals surface area (Å²) in [7, 11) is 0. The summed E-state index contributed by atoms with van der Waals surface area (Å²) in [6.45, 7) is 13.6. The predicted molar refractivity (Wildman–Crippen MR) is 85.7 cm³/mol. The molecule has 0 radical (unpaired) electrons. The van der Waals surface area contributed by atoms with Crippen LogP contribution in [0.15, 0.2) is 6.33 Å². The number of hydrogen-bond donors (Lipinski definition) is 0. The fraction of sp³-hybridized carbons (Fsp3) is 0.706. The highest BCUT2D eigenvalue weighted by molar-refractivity contribution is 5.94. The number of hydrogen-bond acceptors (Lipinski definition) is 4. The van der Waals surface area contributed by atoms with E-state index >= 15 is 0 Å². The van der Waals surface area contributed by atoms with Crippen LogP contribution in [0.5, 0.6) is 0 Å². The molecule has 1 amide bonds. The van der Waals surface area contributed by atoms with Crippen molar-refractivity contribution in [1.82, 2.24) is 19.8 Å². The van der Waals surface area contributed by atoms with E-state index in [1.807, 2.05) is 18.7 Å². The standard InChI is InChI=1S/C17H26N4O/c1-12(2)7-20-6-5-17(8-20)9-21(10-17)16(22)15-13(3)14(4)18-11-19-15/h11-12H,5-10H2,1-4H3. The summed E-state index contributed by atoms with van der Waals surface area (Å²) in [5, 5.41) is 0. The first-order chi connectivity index (χ1) is 10.4. The Morgan fingerprint density at radius 3 is 2.68 bits per heavy atom. The number of carbonyl (C=O) groups is 1. The molecule has 2 fully saturated rings. The third kappa shape index (κ3) is 2.74. The van der Waals surface area contributed by atoms with Crippen LogP contribution in [-0.4, -0.2) is 58.4 Å². The van der Waals surface area contributed by atoms with Crippen LogP contribution >= 0.6 is 0 Å². The number of rotatable bonds is 3. The van der Waals surface area contributed by atoms with Crippen LogP contribution < -0.4 is 0 Å². The van der Waals surface area contributed by atoms with E-state index in [4.69, 9.17) is 0 Å². The Bertz CT molecular complexity index is 578. The normalized spacial score (nSPS) is 20.7. The van der Waals surface area contributed by atoms with Crippen LogP contribution in [0.1, 0.15) is 42.0 Å². The van der Waals surface area contributed by atoms with Crippen LogP contribution in [0.25, 0.3) is 0 Å². The molecule has 5 heteroatoms. The van der Waals surface area contributed by atoms with E-state index in [1.54, 1.807) is 0 Å². The van der Waals surface area contributed by atoms with Gasteiger partial charge in [0.05, 0.1) is 0 Å². The van der Waals surface area contributed by atoms with Gasteiger partial charge < -0.3 is 9.80 Å². The topological polar surface area (TPSA) is 49.3 Å². The van der Waals surface area contributed by atoms with Crippen molar-refractivity contribution < 1.29 is 4.79 Å². The largest absolute Gasteiger partial charge is 0.336 e. The Kier molecular flexibility index (Phi) is 3.93. The highest BCUT2D eigenvalue weighted by atomic mass is 16.2. The fourth-order valence-electron chi connectivity index (χ4n) is 3.77. The van der Waals surface area contributed by atoms with E-state index in [2.05, 4.69) is 28.7 Å². The lowest BCUT2D eigenvalue weighted by Crippen LogP contribution is -2.59. The zero-order valence-electron chi connectivity index (χ0n) is 14.1. The highest BCUT2D eigenvalue weighted by Crippen LogP contribution is 2.40. The molecule has 3 rings (SSSR count). The molecular formula is C17H26N4O. The number of aromatic nitrogens is 2. The molecule has 5 nitrogen and oxygen atoms in total. The van der Waals surface area contributed by atoms with Crippen LogP contribution in [0.3, 0.4) is 0 Å². The molecule has 22 heavy (non-hydrogen) atoms. The quantitative estimate of drug-likeness (QED) is 0.855. The molecule has 0 aliphatic carbocycles. The maximum absolute atomic E-state index is 12.6. The minimum atomic E-state index is 0.0657. The van der Waals surface area contributed by atoms with Gasteiger partial charge in [-0.1, -0.05) is 13.8 Å². The van der Waals surface area contributed by atoms with Crippen LogP contribution in [0.4, 0.5) is 0 Å². The van der Waals surface area contributed by atoms with Gasteiger partial charge in [0, 0.05) is 42.9 Å². The minimum Gasteiger partial charge on any atom is -0.336 e. The summed E-state index contributed by atoms with van der Waals surface area (Å²) in [6, 6.07) is 0. The van der Waals surface area contributed by atoms with Gasteiger partial charge in [-0.3, -0.25) is 4.79 Å². The lowest BCUT2D eigenvalue weighted by atomic mass is 9.79. The van der Waals surface area contributed by atoms with Crippen molar-refractivity contribution in [3.8, 4) is 0 Å². The smallest absolute Gasteiger partial charge is 0.272 e. The third-order valence-corrected chi connectivity index (χ3v) is 5.02. The number of carbonyl (C=O) groups excluding carboxylic acids is 1. The Labute approximate surface area is 132 Å². The van der Waals surface area contributed by atoms with Gasteiger partial charge in [0.2, 0.25) is 0 Å². The van der Waals surface area contributed by atoms with Crippen molar-refractivity contribution in [2.75, 3.05) is 32.7 Å². The Balaban J connectivity index is 1.62. The molecule has 3 heterocycles. The number of amides is 1. The van der Waals surface area contributed by atoms with E-state index in [1.165, 1.54) is 25.8 Å². The average molecular weight is 302 g/mol. The maximum Gasteiger partial charge on any atom is 0.272 e. The molecule has 1 aromatic rings. The van der Waals surface area contributed by atoms with Gasteiger partial charge in [0.25, 0.3) is 5.91 Å². The summed E-state index contributed by atoms with van der Waals surface area (Å²) in [6.07, 6.45) is 2.70. The highest BCUT2D eigenvalue weighted by Gasteiger charge is 2.49. The Morgan fingerprint density at radius 2 is 2.00 bits per heavy atom. The fourth-order valence-corrected chi connectivity index (χ4v) is 3.77. The lowest BCUT2D eigenvalue weighted by molar-refractivity contribution is 0.00971. The summed E-state index contributed by atoms with van der Waals surface area (Å²) in [5.41, 5.74) is 2.69. The molecule has 2 aliphatic rings. The second kappa shape index (κ2) is 5.61. The van der Waals surface area contributed by atoms with Gasteiger partial charge >= 0.3 is 0 Å². The molecule has 0 bridgehead atoms. The van der Waals surface area contributed by atoms with E-state index in [9.17, 15) is 4.79 Å². The monoisotopic (exact) mass is 302 g/mol. The molecule has 0 saturated carbocycles. The maximum atomic E-state index is 12.6. The van der Waals surface area contributed by atoms with Crippen LogP contribution in [0, 0.1) is 25.2 Å². The third-order valence-electron chi connectivity index (χ3n) is 5.02. The molecule has 2 saturated heterocycles. The summed E-state index contributed by atoms with van der Waals surface area (Å²) in [5.74, 6) is 0.774. The molecule has 0 aromatic carbocycles. The minimum absolute atomic E-state index is 0.0657. The molecule has 0 atom stereocenters. The van der Waals surface area contributed by atoms with Crippen molar-refractivity contribution >= 4 is 5.91 Å². The van der Waals surface area contributed by atoms with Crippen molar-refractivity contribution in [3.05, 3.63) is 23.3 Å². The Hall–Kier alpha value is -1.49. The molecular weight excluding hydrogens is 276 g/mol. The summed E-state index contributed by atoms with van der Waals surface area (Å²) >= 11 is 0. The summed E-state index contributed by atoms with van der Waals surface area (Å²) < 4.78 is 0. The average Bonchev–Trinajstić information content (AvgIpc) is 2.83. The second-order valence-corrected chi connectivity index (χ2v) is 7.47. The number of aryl methyl sites for hydroxylation is 1. The molecule has 1 spiro atoms. The van der Waals surface area contributed by atoms with E-state index in [0.29, 0.717) is 17.0 Å². The van der Waals surface area contributed by atoms with Gasteiger partial charge in [-0.05, 0) is 32.7 Å². The van der Waals surface area contributed by atoms with Crippen LogP contribution in [0.2, 0.25) is 0 Å². The number of likely N-dealkylation sites (tertiary alicyclic amines) is 2. The molecule has 120 valence electrons. The molecule has 0 N–H and O–H groups in total. The van der Waals surface area contributed by atoms with Gasteiger partial charge in [-0.15, -0.1) is 0 Å². The lowest BCUT2D eigenvalue weighted by Gasteiger charge is -2.48. The van der Waals surface area contributed by atoms with Crippen molar-refractivity contribution in [3.63, 3.8) is 0 Å². The SMILES string of the molecule is Cc1ncnc(C(=O)N2CC3(CCN(CC(C)C)C3)C2)c1C. The molecule has 0 unspecified atom stereocenters. The zero-order valence-corrected chi connectivity index (χ0v) is 14.1. The van der Waals surface area contributed by atoms with Gasteiger partial charge in [0.15, 0.2) is 0 Å². The van der Waals surface area contributed by atoms with E-state index in [0.717, 1.165) is 30.9 Å². The number of nitrogens with zero attached hydrogens (tertiary/aromatic N) is 4. The first kappa shape index (κ1) is 15.4. The zero-order chi connectivity index (χ0) is 15.9. The van der Waals surface area contributed by atoms with Crippen molar-refractivity contribution in [2.24, 2.45) is 11.3 Å². The molecule has 2 aliphatic heterocycles. The predicted octanol–water partition coefficient (Wildman–Crippen LogP) is 1.90. The Morgan fingerprint density at radius 1 is 1.27 bits per heavy atom. The first-order valence-electron chi connectivity index (χ1n) is 8.20. The van der Waals surface area contributed by atoms with Gasteiger partial charge in [-0.25, -0.2) is 9.97 Å². The first-order valence-corrected chi connectivity index (χ1v) is 8.20. The van der Waals surface area contributed by atoms with Crippen molar-refractivity contribution in [1.29, 1.82) is 0 Å². The summed E-state index contributed by atoms with van der Waals surface area (Å²) in [4.78, 5) is 25.5. The van der Waals surface area contributed by atoms with Gasteiger partial charge in [0.1, 0.15) is 12.0 Å². The van der Waals surface area contributed by atoms with Crippen LogP contribution in [-0.2, 0) is 0 Å². The van der Waals surface area contributed by atoms with Gasteiger partial charge in [-0.2, -0.15) is 0 Å². The molecule has 1 aromatic heterocycles. The van der Waals surface area contributed by atoms with E-state index in [-0.39, 0.29) is 5.91 Å². The van der Waals surface area contributed by atoms with Crippen molar-refractivity contribution in [2.45, 2.75) is 34.1 Å². The second-order valence-electron chi connectivity index (χ2n) is 7.47. The van der Waals surface area contributed by atoms with E-state index < -0.39 is 0 Å².